The molecule has 0 N–H and O–H groups in total. The lowest BCUT2D eigenvalue weighted by atomic mass is 10.5. The molecule has 0 saturated carbocycles. The number of hydrogen-bond acceptors (Lipinski definition) is 2. The van der Waals surface area contributed by atoms with E-state index in [9.17, 15) is 4.79 Å². The normalized spacial score (nSPS) is 12.8. The maximum Gasteiger partial charge on any atom is 0.325 e. The van der Waals surface area contributed by atoms with Crippen LogP contribution >= 0.6 is 23.2 Å². The van der Waals surface area contributed by atoms with E-state index in [0.717, 1.165) is 0 Å². The van der Waals surface area contributed by atoms with Crippen molar-refractivity contribution in [2.75, 3.05) is 12.5 Å². The minimum Gasteiger partial charge on any atom is -0.465 e. The second kappa shape index (κ2) is 4.89. The van der Waals surface area contributed by atoms with E-state index in [1.807, 2.05) is 0 Å². The van der Waals surface area contributed by atoms with Gasteiger partial charge in [-0.2, -0.15) is 0 Å². The Bertz CT molecular complexity index is 95.0. The van der Waals surface area contributed by atoms with Crippen LogP contribution in [-0.2, 0) is 9.53 Å². The Balaban J connectivity index is 3.46. The summed E-state index contributed by atoms with van der Waals surface area (Å²) in [4.78, 5) is 10.5. The molecule has 0 aliphatic carbocycles. The second-order valence-electron chi connectivity index (χ2n) is 1.37. The molecule has 2 nitrogen and oxygen atoms in total. The van der Waals surface area contributed by atoms with E-state index in [1.165, 1.54) is 0 Å². The van der Waals surface area contributed by atoms with Gasteiger partial charge in [-0.05, 0) is 6.92 Å². The Kier molecular flexibility index (Phi) is 4.91. The van der Waals surface area contributed by atoms with Crippen LogP contribution in [0.4, 0.5) is 0 Å². The maximum absolute atomic E-state index is 10.5. The molecular formula is C5H8Cl2O2. The fourth-order valence-corrected chi connectivity index (χ4v) is 0.485. The van der Waals surface area contributed by atoms with E-state index in [0.29, 0.717) is 6.61 Å². The molecule has 0 aliphatic rings. The lowest BCUT2D eigenvalue weighted by Gasteiger charge is -2.02. The minimum atomic E-state index is -0.702. The van der Waals surface area contributed by atoms with E-state index in [-0.39, 0.29) is 5.88 Å². The Morgan fingerprint density at radius 3 is 2.67 bits per heavy atom. The minimum absolute atomic E-state index is 0.0976. The first-order valence-corrected chi connectivity index (χ1v) is 3.56. The van der Waals surface area contributed by atoms with Crippen LogP contribution in [0.1, 0.15) is 6.92 Å². The quantitative estimate of drug-likeness (QED) is 0.473. The second-order valence-corrected chi connectivity index (χ2v) is 2.21. The molecule has 0 heterocycles. The maximum atomic E-state index is 10.5. The van der Waals surface area contributed by atoms with Crippen LogP contribution < -0.4 is 0 Å². The average Bonchev–Trinajstić information content (AvgIpc) is 1.87. The lowest BCUT2D eigenvalue weighted by molar-refractivity contribution is -0.142. The molecule has 4 heteroatoms. The van der Waals surface area contributed by atoms with Gasteiger partial charge in [-0.1, -0.05) is 0 Å². The van der Waals surface area contributed by atoms with E-state index in [4.69, 9.17) is 23.2 Å². The molecule has 0 aromatic rings. The summed E-state index contributed by atoms with van der Waals surface area (Å²) in [6, 6.07) is 0. The molecular weight excluding hydrogens is 163 g/mol. The van der Waals surface area contributed by atoms with Crippen LogP contribution in [-0.4, -0.2) is 23.8 Å². The first-order chi connectivity index (χ1) is 4.22. The smallest absolute Gasteiger partial charge is 0.325 e. The fraction of sp³-hybridized carbons (Fsp3) is 0.800. The summed E-state index contributed by atoms with van der Waals surface area (Å²) in [6.07, 6.45) is 0. The van der Waals surface area contributed by atoms with Crippen molar-refractivity contribution in [1.29, 1.82) is 0 Å². The number of ether oxygens (including phenoxy) is 1. The van der Waals surface area contributed by atoms with Gasteiger partial charge in [-0.25, -0.2) is 0 Å². The highest BCUT2D eigenvalue weighted by molar-refractivity contribution is 6.35. The third-order valence-electron chi connectivity index (χ3n) is 0.678. The average molecular weight is 171 g/mol. The standard InChI is InChI=1S/C5H8Cl2O2/c1-2-9-5(8)4(7)3-6/h4H,2-3H2,1H3. The van der Waals surface area contributed by atoms with Crippen molar-refractivity contribution in [3.63, 3.8) is 0 Å². The molecule has 54 valence electrons. The Morgan fingerprint density at radius 1 is 1.78 bits per heavy atom. The molecule has 0 rings (SSSR count). The molecule has 0 aliphatic heterocycles. The summed E-state index contributed by atoms with van der Waals surface area (Å²) in [7, 11) is 0. The van der Waals surface area contributed by atoms with E-state index >= 15 is 0 Å². The number of carbonyl (C=O) groups excluding carboxylic acids is 1. The number of hydrogen-bond donors (Lipinski definition) is 0. The number of carbonyl (C=O) groups is 1. The molecule has 1 unspecified atom stereocenters. The summed E-state index contributed by atoms with van der Waals surface area (Å²) < 4.78 is 4.54. The first kappa shape index (κ1) is 9.05. The summed E-state index contributed by atoms with van der Waals surface area (Å²) in [5, 5.41) is -0.702. The Morgan fingerprint density at radius 2 is 2.33 bits per heavy atom. The summed E-state index contributed by atoms with van der Waals surface area (Å²) >= 11 is 10.6. The van der Waals surface area contributed by atoms with Gasteiger partial charge in [0.25, 0.3) is 0 Å². The van der Waals surface area contributed by atoms with Crippen molar-refractivity contribution in [3.05, 3.63) is 0 Å². The molecule has 0 fully saturated rings. The van der Waals surface area contributed by atoms with Crippen LogP contribution in [0.15, 0.2) is 0 Å². The zero-order valence-electron chi connectivity index (χ0n) is 5.06. The van der Waals surface area contributed by atoms with Gasteiger partial charge >= 0.3 is 5.97 Å². The van der Waals surface area contributed by atoms with Gasteiger partial charge in [0.1, 0.15) is 5.38 Å². The highest BCUT2D eigenvalue weighted by Gasteiger charge is 2.13. The molecule has 1 atom stereocenters. The van der Waals surface area contributed by atoms with Gasteiger partial charge in [0.05, 0.1) is 6.61 Å². The van der Waals surface area contributed by atoms with Gasteiger partial charge in [-0.15, -0.1) is 23.2 Å². The van der Waals surface area contributed by atoms with Crippen molar-refractivity contribution in [2.45, 2.75) is 12.3 Å². The zero-order valence-corrected chi connectivity index (χ0v) is 6.58. The van der Waals surface area contributed by atoms with Crippen molar-refractivity contribution in [3.8, 4) is 0 Å². The zero-order chi connectivity index (χ0) is 7.28. The number of alkyl halides is 2. The molecule has 0 aromatic carbocycles. The first-order valence-electron chi connectivity index (χ1n) is 2.59. The van der Waals surface area contributed by atoms with E-state index in [1.54, 1.807) is 6.92 Å². The predicted octanol–water partition coefficient (Wildman–Crippen LogP) is 1.40. The fourth-order valence-electron chi connectivity index (χ4n) is 0.296. The van der Waals surface area contributed by atoms with Crippen molar-refractivity contribution < 1.29 is 9.53 Å². The van der Waals surface area contributed by atoms with Crippen LogP contribution in [0.3, 0.4) is 0 Å². The van der Waals surface area contributed by atoms with Crippen LogP contribution in [0.2, 0.25) is 0 Å². The Labute approximate surface area is 64.1 Å². The number of rotatable bonds is 3. The molecule has 0 aromatic heterocycles. The molecule has 9 heavy (non-hydrogen) atoms. The van der Waals surface area contributed by atoms with Gasteiger partial charge in [0.15, 0.2) is 0 Å². The van der Waals surface area contributed by atoms with Gasteiger partial charge in [0.2, 0.25) is 0 Å². The van der Waals surface area contributed by atoms with Crippen molar-refractivity contribution in [1.82, 2.24) is 0 Å². The van der Waals surface area contributed by atoms with Crippen molar-refractivity contribution in [2.24, 2.45) is 0 Å². The molecule has 0 amide bonds. The highest BCUT2D eigenvalue weighted by Crippen LogP contribution is 2.00. The molecule has 0 spiro atoms. The largest absolute Gasteiger partial charge is 0.465 e. The lowest BCUT2D eigenvalue weighted by Crippen LogP contribution is -2.18. The summed E-state index contributed by atoms with van der Waals surface area (Å²) in [6.45, 7) is 2.06. The summed E-state index contributed by atoms with van der Waals surface area (Å²) in [5.74, 6) is -0.352. The number of halogens is 2. The highest BCUT2D eigenvalue weighted by atomic mass is 35.5. The van der Waals surface area contributed by atoms with E-state index < -0.39 is 11.3 Å². The summed E-state index contributed by atoms with van der Waals surface area (Å²) in [5.41, 5.74) is 0. The van der Waals surface area contributed by atoms with E-state index in [2.05, 4.69) is 4.74 Å². The van der Waals surface area contributed by atoms with Gasteiger partial charge < -0.3 is 4.74 Å². The monoisotopic (exact) mass is 170 g/mol. The van der Waals surface area contributed by atoms with Gasteiger partial charge in [0, 0.05) is 5.88 Å². The van der Waals surface area contributed by atoms with Crippen molar-refractivity contribution >= 4 is 29.2 Å². The Hall–Kier alpha value is 0.0500. The SMILES string of the molecule is CCOC(=O)C(Cl)CCl. The molecule has 0 radical (unpaired) electrons. The van der Waals surface area contributed by atoms with Crippen LogP contribution in [0.5, 0.6) is 0 Å². The van der Waals surface area contributed by atoms with Crippen LogP contribution in [0, 0.1) is 0 Å². The third-order valence-corrected chi connectivity index (χ3v) is 1.48. The van der Waals surface area contributed by atoms with Gasteiger partial charge in [-0.3, -0.25) is 4.79 Å². The third kappa shape index (κ3) is 3.60. The molecule has 0 saturated heterocycles. The number of esters is 1. The van der Waals surface area contributed by atoms with Crippen LogP contribution in [0.25, 0.3) is 0 Å². The predicted molar refractivity (Wildman–Crippen MR) is 37.0 cm³/mol. The molecule has 0 bridgehead atoms. The topological polar surface area (TPSA) is 26.3 Å².